The molecule has 1 fully saturated rings. The zero-order valence-corrected chi connectivity index (χ0v) is 10.8. The molecule has 0 spiro atoms. The van der Waals surface area contributed by atoms with Crippen molar-refractivity contribution >= 4 is 20.6 Å². The highest BCUT2D eigenvalue weighted by molar-refractivity contribution is 7.92. The fourth-order valence-corrected chi connectivity index (χ4v) is 5.16. The molecule has 4 unspecified atom stereocenters. The molecule has 90 valence electrons. The van der Waals surface area contributed by atoms with Gasteiger partial charge in [-0.3, -0.25) is 4.21 Å². The van der Waals surface area contributed by atoms with E-state index in [0.29, 0.717) is 0 Å². The van der Waals surface area contributed by atoms with Crippen molar-refractivity contribution in [3.05, 3.63) is 0 Å². The van der Waals surface area contributed by atoms with Gasteiger partial charge in [0.15, 0.2) is 0 Å². The summed E-state index contributed by atoms with van der Waals surface area (Å²) < 4.78 is 33.7. The van der Waals surface area contributed by atoms with Crippen LogP contribution in [0.2, 0.25) is 0 Å². The van der Waals surface area contributed by atoms with Crippen LogP contribution in [0.15, 0.2) is 0 Å². The van der Waals surface area contributed by atoms with Gasteiger partial charge in [-0.2, -0.15) is 0 Å². The predicted octanol–water partition coefficient (Wildman–Crippen LogP) is -0.0945. The van der Waals surface area contributed by atoms with Crippen LogP contribution in [0.3, 0.4) is 0 Å². The Morgan fingerprint density at radius 1 is 1.40 bits per heavy atom. The van der Waals surface area contributed by atoms with E-state index in [1.165, 1.54) is 6.26 Å². The van der Waals surface area contributed by atoms with Gasteiger partial charge in [0.25, 0.3) is 0 Å². The molecule has 2 N–H and O–H groups in total. The van der Waals surface area contributed by atoms with Crippen molar-refractivity contribution in [2.75, 3.05) is 17.8 Å². The fourth-order valence-electron chi connectivity index (χ4n) is 1.91. The average molecular weight is 253 g/mol. The quantitative estimate of drug-likeness (QED) is 0.759. The van der Waals surface area contributed by atoms with E-state index >= 15 is 0 Å². The number of hydrogen-bond acceptors (Lipinski definition) is 4. The van der Waals surface area contributed by atoms with Crippen LogP contribution in [0.25, 0.3) is 0 Å². The highest BCUT2D eigenvalue weighted by Gasteiger charge is 2.34. The highest BCUT2D eigenvalue weighted by Crippen LogP contribution is 2.28. The number of rotatable bonds is 4. The van der Waals surface area contributed by atoms with Crippen LogP contribution in [-0.4, -0.2) is 41.7 Å². The number of hydrogen-bond donors (Lipinski definition) is 1. The first-order chi connectivity index (χ1) is 6.81. The lowest BCUT2D eigenvalue weighted by Crippen LogP contribution is -2.31. The minimum atomic E-state index is -3.00. The van der Waals surface area contributed by atoms with Gasteiger partial charge in [0.2, 0.25) is 0 Å². The summed E-state index contributed by atoms with van der Waals surface area (Å²) in [6.45, 7) is 2.00. The molecule has 4 atom stereocenters. The molecule has 1 aliphatic carbocycles. The molecule has 6 heteroatoms. The van der Waals surface area contributed by atoms with E-state index in [1.807, 2.05) is 6.92 Å². The zero-order valence-electron chi connectivity index (χ0n) is 9.18. The maximum atomic E-state index is 11.8. The van der Waals surface area contributed by atoms with Crippen LogP contribution in [-0.2, 0) is 20.6 Å². The molecular weight excluding hydrogens is 234 g/mol. The molecule has 0 saturated heterocycles. The maximum absolute atomic E-state index is 11.8. The lowest BCUT2D eigenvalue weighted by molar-refractivity contribution is 0.527. The third-order valence-electron chi connectivity index (χ3n) is 3.04. The molecule has 1 aliphatic rings. The summed E-state index contributed by atoms with van der Waals surface area (Å²) in [7, 11) is -4.06. The predicted molar refractivity (Wildman–Crippen MR) is 62.9 cm³/mol. The molecule has 0 aliphatic heterocycles. The molecule has 1 rings (SSSR count). The molecule has 15 heavy (non-hydrogen) atoms. The number of nitrogens with two attached hydrogens (primary N) is 1. The van der Waals surface area contributed by atoms with E-state index in [2.05, 4.69) is 0 Å². The minimum absolute atomic E-state index is 0.0120. The van der Waals surface area contributed by atoms with Crippen LogP contribution in [0.5, 0.6) is 0 Å². The second-order valence-corrected chi connectivity index (χ2v) is 8.39. The largest absolute Gasteiger partial charge is 0.327 e. The van der Waals surface area contributed by atoms with Crippen molar-refractivity contribution in [2.24, 2.45) is 11.7 Å². The van der Waals surface area contributed by atoms with Crippen molar-refractivity contribution in [3.8, 4) is 0 Å². The molecule has 0 heterocycles. The normalized spacial score (nSPS) is 34.2. The van der Waals surface area contributed by atoms with Crippen molar-refractivity contribution < 1.29 is 12.6 Å². The Morgan fingerprint density at radius 2 is 2.00 bits per heavy atom. The minimum Gasteiger partial charge on any atom is -0.327 e. The van der Waals surface area contributed by atoms with Gasteiger partial charge in [0.1, 0.15) is 9.84 Å². The van der Waals surface area contributed by atoms with Crippen LogP contribution in [0, 0.1) is 5.92 Å². The first-order valence-corrected chi connectivity index (χ1v) is 8.56. The van der Waals surface area contributed by atoms with Crippen molar-refractivity contribution in [1.82, 2.24) is 0 Å². The van der Waals surface area contributed by atoms with Crippen LogP contribution in [0.1, 0.15) is 19.8 Å². The molecular formula is C9H19NO3S2. The summed E-state index contributed by atoms with van der Waals surface area (Å²) in [5, 5.41) is 0.0850. The summed E-state index contributed by atoms with van der Waals surface area (Å²) in [5.74, 6) is 0.504. The van der Waals surface area contributed by atoms with Crippen LogP contribution in [0.4, 0.5) is 0 Å². The van der Waals surface area contributed by atoms with E-state index in [4.69, 9.17) is 5.73 Å². The third kappa shape index (κ3) is 3.85. The first kappa shape index (κ1) is 13.1. The summed E-state index contributed by atoms with van der Waals surface area (Å²) in [6.07, 6.45) is 2.93. The highest BCUT2D eigenvalue weighted by atomic mass is 32.2. The van der Waals surface area contributed by atoms with E-state index in [9.17, 15) is 12.6 Å². The average Bonchev–Trinajstić information content (AvgIpc) is 2.43. The molecule has 0 aromatic rings. The van der Waals surface area contributed by atoms with E-state index in [1.54, 1.807) is 0 Å². The Balaban J connectivity index is 2.48. The van der Waals surface area contributed by atoms with E-state index in [-0.39, 0.29) is 28.7 Å². The standard InChI is InChI=1S/C9H19NO3S2/c1-7-8(10)3-4-9(7)14(11)5-6-15(2,12)13/h7-9H,3-6,10H2,1-2H3. The van der Waals surface area contributed by atoms with Gasteiger partial charge >= 0.3 is 0 Å². The lowest BCUT2D eigenvalue weighted by atomic mass is 10.1. The topological polar surface area (TPSA) is 77.2 Å². The second-order valence-electron chi connectivity index (χ2n) is 4.35. The Kier molecular flexibility index (Phi) is 4.31. The zero-order chi connectivity index (χ0) is 11.6. The van der Waals surface area contributed by atoms with Gasteiger partial charge in [0, 0.05) is 34.1 Å². The first-order valence-electron chi connectivity index (χ1n) is 5.12. The maximum Gasteiger partial charge on any atom is 0.148 e. The molecule has 4 nitrogen and oxygen atoms in total. The molecule has 0 aromatic carbocycles. The summed E-state index contributed by atoms with van der Waals surface area (Å²) in [5.41, 5.74) is 5.84. The van der Waals surface area contributed by atoms with Crippen LogP contribution >= 0.6 is 0 Å². The SMILES string of the molecule is CC1C(N)CCC1S(=O)CCS(C)(=O)=O. The molecule has 0 radical (unpaired) electrons. The van der Waals surface area contributed by atoms with Gasteiger partial charge in [-0.1, -0.05) is 6.92 Å². The Bertz CT molecular complexity index is 339. The van der Waals surface area contributed by atoms with Crippen molar-refractivity contribution in [3.63, 3.8) is 0 Å². The smallest absolute Gasteiger partial charge is 0.148 e. The molecule has 0 aromatic heterocycles. The van der Waals surface area contributed by atoms with Gasteiger partial charge in [-0.15, -0.1) is 0 Å². The molecule has 1 saturated carbocycles. The summed E-state index contributed by atoms with van der Waals surface area (Å²) >= 11 is 0. The number of sulfone groups is 1. The summed E-state index contributed by atoms with van der Waals surface area (Å²) in [4.78, 5) is 0. The van der Waals surface area contributed by atoms with Gasteiger partial charge in [0.05, 0.1) is 5.75 Å². The summed E-state index contributed by atoms with van der Waals surface area (Å²) in [6, 6.07) is 0.122. The molecule has 0 amide bonds. The van der Waals surface area contributed by atoms with E-state index in [0.717, 1.165) is 12.8 Å². The van der Waals surface area contributed by atoms with Gasteiger partial charge in [-0.25, -0.2) is 8.42 Å². The van der Waals surface area contributed by atoms with Gasteiger partial charge < -0.3 is 5.73 Å². The third-order valence-corrected chi connectivity index (χ3v) is 6.19. The Labute approximate surface area is 94.0 Å². The fraction of sp³-hybridized carbons (Fsp3) is 1.00. The Morgan fingerprint density at radius 3 is 2.40 bits per heavy atom. The van der Waals surface area contributed by atoms with Gasteiger partial charge in [-0.05, 0) is 18.8 Å². The van der Waals surface area contributed by atoms with Crippen molar-refractivity contribution in [1.29, 1.82) is 0 Å². The lowest BCUT2D eigenvalue weighted by Gasteiger charge is -2.17. The van der Waals surface area contributed by atoms with Crippen LogP contribution < -0.4 is 5.73 Å². The van der Waals surface area contributed by atoms with E-state index < -0.39 is 20.6 Å². The monoisotopic (exact) mass is 253 g/mol. The molecule has 0 bridgehead atoms. The second kappa shape index (κ2) is 4.93. The van der Waals surface area contributed by atoms with Crippen molar-refractivity contribution in [2.45, 2.75) is 31.1 Å². The Hall–Kier alpha value is 0.0600.